The molecule has 0 radical (unpaired) electrons. The zero-order valence-corrected chi connectivity index (χ0v) is 21.6. The van der Waals surface area contributed by atoms with Crippen molar-refractivity contribution in [1.82, 2.24) is 14.8 Å². The Morgan fingerprint density at radius 3 is 2.59 bits per heavy atom. The van der Waals surface area contributed by atoms with Gasteiger partial charge in [-0.3, -0.25) is 4.79 Å². The molecule has 8 nitrogen and oxygen atoms in total. The summed E-state index contributed by atoms with van der Waals surface area (Å²) in [5.74, 6) is -1.69. The summed E-state index contributed by atoms with van der Waals surface area (Å²) < 4.78 is 23.1. The lowest BCUT2D eigenvalue weighted by Gasteiger charge is -2.42. The van der Waals surface area contributed by atoms with Crippen molar-refractivity contribution in [3.8, 4) is 5.75 Å². The van der Waals surface area contributed by atoms with Crippen molar-refractivity contribution in [3.63, 3.8) is 0 Å². The molecule has 0 unspecified atom stereocenters. The Hall–Kier alpha value is -3.66. The van der Waals surface area contributed by atoms with Crippen LogP contribution in [0.25, 0.3) is 10.9 Å². The van der Waals surface area contributed by atoms with Gasteiger partial charge in [-0.1, -0.05) is 30.3 Å². The van der Waals surface area contributed by atoms with Crippen LogP contribution in [-0.4, -0.2) is 58.4 Å². The van der Waals surface area contributed by atoms with Crippen molar-refractivity contribution < 1.29 is 19.0 Å². The van der Waals surface area contributed by atoms with Gasteiger partial charge >= 0.3 is 5.97 Å². The van der Waals surface area contributed by atoms with Crippen molar-refractivity contribution in [2.45, 2.75) is 38.4 Å². The van der Waals surface area contributed by atoms with Gasteiger partial charge in [-0.15, -0.1) is 0 Å². The molecule has 5 rings (SSSR count). The molecule has 0 bridgehead atoms. The molecule has 0 amide bonds. The maximum Gasteiger partial charge on any atom is 0.341 e. The SMILES string of the molecule is COc1c(N2CCN(C(=S)NCc3ccccc3)[C@H](C)C2)c(F)cc2c(=O)c(C(=O)O)cn(C3CC3)c12. The third-order valence-corrected chi connectivity index (χ3v) is 7.44. The second-order valence-corrected chi connectivity index (χ2v) is 9.97. The Morgan fingerprint density at radius 1 is 1.24 bits per heavy atom. The molecule has 3 aromatic rings. The molecule has 1 atom stereocenters. The van der Waals surface area contributed by atoms with E-state index < -0.39 is 17.2 Å². The van der Waals surface area contributed by atoms with E-state index in [-0.39, 0.29) is 34.5 Å². The average molecular weight is 525 g/mol. The number of carboxylic acids is 1. The average Bonchev–Trinajstić information content (AvgIpc) is 3.73. The third-order valence-electron chi connectivity index (χ3n) is 7.06. The fourth-order valence-corrected chi connectivity index (χ4v) is 5.41. The zero-order chi connectivity index (χ0) is 26.3. The minimum Gasteiger partial charge on any atom is -0.492 e. The Balaban J connectivity index is 1.45. The number of pyridine rings is 1. The summed E-state index contributed by atoms with van der Waals surface area (Å²) in [6.45, 7) is 4.23. The van der Waals surface area contributed by atoms with E-state index in [2.05, 4.69) is 10.2 Å². The van der Waals surface area contributed by atoms with Gasteiger partial charge in [0.25, 0.3) is 0 Å². The molecule has 2 heterocycles. The Kier molecular flexibility index (Phi) is 6.76. The van der Waals surface area contributed by atoms with Crippen molar-refractivity contribution in [2.24, 2.45) is 0 Å². The van der Waals surface area contributed by atoms with Crippen LogP contribution in [0.5, 0.6) is 5.75 Å². The molecular formula is C27H29FN4O4S. The lowest BCUT2D eigenvalue weighted by molar-refractivity contribution is 0.0694. The highest BCUT2D eigenvalue weighted by molar-refractivity contribution is 7.80. The summed E-state index contributed by atoms with van der Waals surface area (Å²) in [6.07, 6.45) is 3.08. The predicted molar refractivity (Wildman–Crippen MR) is 144 cm³/mol. The van der Waals surface area contributed by atoms with E-state index in [4.69, 9.17) is 17.0 Å². The van der Waals surface area contributed by atoms with Crippen molar-refractivity contribution >= 4 is 39.9 Å². The van der Waals surface area contributed by atoms with E-state index in [0.717, 1.165) is 24.5 Å². The van der Waals surface area contributed by atoms with Gasteiger partial charge in [0.2, 0.25) is 5.43 Å². The van der Waals surface area contributed by atoms with Crippen molar-refractivity contribution in [3.05, 3.63) is 69.8 Å². The van der Waals surface area contributed by atoms with E-state index in [1.165, 1.54) is 13.3 Å². The standard InChI is InChI=1S/C27H29FN4O4S/c1-16-14-30(10-11-31(16)27(37)29-13-17-6-4-3-5-7-17)23-21(28)12-19-22(25(23)36-2)32(18-8-9-18)15-20(24(19)33)26(34)35/h3-7,12,15-16,18H,8-11,13-14H2,1-2H3,(H,29,37)(H,34,35)/t16-/m1/s1. The summed E-state index contributed by atoms with van der Waals surface area (Å²) in [7, 11) is 1.45. The third kappa shape index (κ3) is 4.73. The number of nitrogens with zero attached hydrogens (tertiary/aromatic N) is 3. The first kappa shape index (κ1) is 25.0. The molecule has 10 heteroatoms. The molecule has 1 aliphatic carbocycles. The van der Waals surface area contributed by atoms with Crippen LogP contribution in [0.15, 0.2) is 47.4 Å². The van der Waals surface area contributed by atoms with Crippen molar-refractivity contribution in [2.75, 3.05) is 31.6 Å². The molecule has 2 aliphatic rings. The van der Waals surface area contributed by atoms with Crippen LogP contribution in [-0.2, 0) is 6.54 Å². The number of aromatic nitrogens is 1. The number of fused-ring (bicyclic) bond motifs is 1. The fraction of sp³-hybridized carbons (Fsp3) is 0.370. The number of anilines is 1. The number of methoxy groups -OCH3 is 1. The lowest BCUT2D eigenvalue weighted by Crippen LogP contribution is -2.56. The second-order valence-electron chi connectivity index (χ2n) is 9.58. The Labute approximate surface area is 219 Å². The maximum absolute atomic E-state index is 15.6. The van der Waals surface area contributed by atoms with Crippen LogP contribution in [0.3, 0.4) is 0 Å². The van der Waals surface area contributed by atoms with Gasteiger partial charge in [0.1, 0.15) is 11.3 Å². The van der Waals surface area contributed by atoms with Gasteiger partial charge < -0.3 is 29.5 Å². The Bertz CT molecular complexity index is 1420. The molecular weight excluding hydrogens is 495 g/mol. The molecule has 2 fully saturated rings. The largest absolute Gasteiger partial charge is 0.492 e. The summed E-state index contributed by atoms with van der Waals surface area (Å²) in [4.78, 5) is 28.7. The minimum atomic E-state index is -1.33. The smallest absolute Gasteiger partial charge is 0.341 e. The quantitative estimate of drug-likeness (QED) is 0.472. The van der Waals surface area contributed by atoms with Gasteiger partial charge in [-0.05, 0) is 43.6 Å². The molecule has 1 aliphatic heterocycles. The number of aromatic carboxylic acids is 1. The number of benzene rings is 2. The molecule has 37 heavy (non-hydrogen) atoms. The second kappa shape index (κ2) is 10.0. The number of carboxylic acid groups (broad SMARTS) is 1. The molecule has 2 aromatic carbocycles. The van der Waals surface area contributed by atoms with E-state index in [1.54, 1.807) is 4.57 Å². The van der Waals surface area contributed by atoms with Crippen LogP contribution in [0.4, 0.5) is 10.1 Å². The molecule has 1 saturated carbocycles. The van der Waals surface area contributed by atoms with E-state index in [0.29, 0.717) is 36.8 Å². The van der Waals surface area contributed by atoms with Gasteiger partial charge in [0.05, 0.1) is 18.0 Å². The van der Waals surface area contributed by atoms with Crippen molar-refractivity contribution in [1.29, 1.82) is 0 Å². The van der Waals surface area contributed by atoms with E-state index >= 15 is 4.39 Å². The highest BCUT2D eigenvalue weighted by Crippen LogP contribution is 2.44. The van der Waals surface area contributed by atoms with E-state index in [9.17, 15) is 14.7 Å². The highest BCUT2D eigenvalue weighted by Gasteiger charge is 2.33. The van der Waals surface area contributed by atoms with Crippen LogP contribution in [0.2, 0.25) is 0 Å². The summed E-state index contributed by atoms with van der Waals surface area (Å²) in [6, 6.07) is 11.2. The zero-order valence-electron chi connectivity index (χ0n) is 20.7. The highest BCUT2D eigenvalue weighted by atomic mass is 32.1. The number of piperazine rings is 1. The summed E-state index contributed by atoms with van der Waals surface area (Å²) in [5.41, 5.74) is 0.767. The lowest BCUT2D eigenvalue weighted by atomic mass is 10.1. The number of hydrogen-bond acceptors (Lipinski definition) is 5. The number of ether oxygens (including phenoxy) is 1. The fourth-order valence-electron chi connectivity index (χ4n) is 5.06. The van der Waals surface area contributed by atoms with Gasteiger partial charge in [-0.25, -0.2) is 9.18 Å². The number of hydrogen-bond donors (Lipinski definition) is 2. The monoisotopic (exact) mass is 524 g/mol. The Morgan fingerprint density at radius 2 is 1.97 bits per heavy atom. The van der Waals surface area contributed by atoms with Crippen LogP contribution in [0.1, 0.15) is 41.7 Å². The first-order chi connectivity index (χ1) is 17.8. The first-order valence-corrected chi connectivity index (χ1v) is 12.7. The van der Waals surface area contributed by atoms with E-state index in [1.807, 2.05) is 42.2 Å². The summed E-state index contributed by atoms with van der Waals surface area (Å²) >= 11 is 5.65. The number of nitrogens with one attached hydrogen (secondary N) is 1. The predicted octanol–water partition coefficient (Wildman–Crippen LogP) is 3.77. The molecule has 0 spiro atoms. The molecule has 194 valence electrons. The van der Waals surface area contributed by atoms with Gasteiger partial charge in [-0.2, -0.15) is 0 Å². The maximum atomic E-state index is 15.6. The normalized spacial score (nSPS) is 17.6. The van der Waals surface area contributed by atoms with Gasteiger partial charge in [0.15, 0.2) is 16.7 Å². The number of halogens is 1. The van der Waals surface area contributed by atoms with Crippen LogP contribution in [0, 0.1) is 5.82 Å². The number of rotatable bonds is 6. The van der Waals surface area contributed by atoms with Gasteiger partial charge in [0, 0.05) is 44.5 Å². The first-order valence-electron chi connectivity index (χ1n) is 12.3. The molecule has 1 saturated heterocycles. The molecule has 2 N–H and O–H groups in total. The number of thiocarbonyl (C=S) groups is 1. The summed E-state index contributed by atoms with van der Waals surface area (Å²) in [5, 5.41) is 13.5. The molecule has 1 aromatic heterocycles. The minimum absolute atomic E-state index is 0.00987. The number of carbonyl (C=O) groups is 1. The van der Waals surface area contributed by atoms with Crippen LogP contribution < -0.4 is 20.4 Å². The van der Waals surface area contributed by atoms with Crippen LogP contribution >= 0.6 is 12.2 Å². The topological polar surface area (TPSA) is 87.0 Å².